The van der Waals surface area contributed by atoms with Gasteiger partial charge in [-0.25, -0.2) is 8.42 Å². The zero-order chi connectivity index (χ0) is 13.9. The van der Waals surface area contributed by atoms with Crippen molar-refractivity contribution in [2.24, 2.45) is 0 Å². The minimum Gasteiger partial charge on any atom is -0.396 e. The van der Waals surface area contributed by atoms with Gasteiger partial charge in [-0.05, 0) is 19.1 Å². The number of likely N-dealkylation sites (N-methyl/N-ethyl adjacent to an activating group) is 1. The predicted molar refractivity (Wildman–Crippen MR) is 73.7 cm³/mol. The van der Waals surface area contributed by atoms with Gasteiger partial charge in [0.15, 0.2) is 9.84 Å². The van der Waals surface area contributed by atoms with E-state index in [-0.39, 0.29) is 16.6 Å². The summed E-state index contributed by atoms with van der Waals surface area (Å²) in [5.74, 6) is 0. The van der Waals surface area contributed by atoms with Crippen LogP contribution in [0, 0.1) is 0 Å². The van der Waals surface area contributed by atoms with Crippen molar-refractivity contribution in [3.05, 3.63) is 18.2 Å². The van der Waals surface area contributed by atoms with Crippen LogP contribution in [-0.2, 0) is 14.6 Å². The van der Waals surface area contributed by atoms with E-state index in [0.29, 0.717) is 12.3 Å². The summed E-state index contributed by atoms with van der Waals surface area (Å²) in [7, 11) is 0.178. The van der Waals surface area contributed by atoms with Gasteiger partial charge >= 0.3 is 0 Å². The molecular weight excluding hydrogens is 252 g/mol. The Morgan fingerprint density at radius 1 is 1.44 bits per heavy atom. The van der Waals surface area contributed by atoms with Gasteiger partial charge in [-0.15, -0.1) is 0 Å². The fraction of sp³-hybridized carbons (Fsp3) is 0.500. The van der Waals surface area contributed by atoms with Gasteiger partial charge in [0.05, 0.1) is 22.9 Å². The van der Waals surface area contributed by atoms with Crippen LogP contribution in [0.2, 0.25) is 0 Å². The molecule has 0 radical (unpaired) electrons. The lowest BCUT2D eigenvalue weighted by Gasteiger charge is -2.28. The first-order valence-electron chi connectivity index (χ1n) is 5.59. The van der Waals surface area contributed by atoms with Crippen LogP contribution in [0.1, 0.15) is 6.92 Å². The molecule has 0 saturated carbocycles. The average Bonchev–Trinajstić information content (AvgIpc) is 2.27. The minimum absolute atomic E-state index is 0.104. The number of nitrogens with two attached hydrogens (primary N) is 1. The predicted octanol–water partition coefficient (Wildman–Crippen LogP) is 1.14. The number of sulfone groups is 1. The monoisotopic (exact) mass is 272 g/mol. The fourth-order valence-electron chi connectivity index (χ4n) is 1.75. The highest BCUT2D eigenvalue weighted by molar-refractivity contribution is 7.90. The topological polar surface area (TPSA) is 72.6 Å². The van der Waals surface area contributed by atoms with Crippen molar-refractivity contribution < 1.29 is 13.2 Å². The number of hydrogen-bond acceptors (Lipinski definition) is 5. The molecule has 0 fully saturated rings. The number of rotatable bonds is 5. The molecule has 0 aliphatic carbocycles. The van der Waals surface area contributed by atoms with Crippen molar-refractivity contribution in [2.75, 3.05) is 37.7 Å². The second-order valence-corrected chi connectivity index (χ2v) is 6.36. The molecule has 0 amide bonds. The first kappa shape index (κ1) is 14.8. The van der Waals surface area contributed by atoms with Crippen LogP contribution in [0.25, 0.3) is 0 Å². The molecule has 0 saturated heterocycles. The molecule has 0 aliphatic heterocycles. The molecular formula is C12H20N2O3S. The highest BCUT2D eigenvalue weighted by Gasteiger charge is 2.18. The van der Waals surface area contributed by atoms with E-state index in [4.69, 9.17) is 10.5 Å². The number of benzene rings is 1. The Hall–Kier alpha value is -1.27. The van der Waals surface area contributed by atoms with Gasteiger partial charge < -0.3 is 15.4 Å². The third-order valence-corrected chi connectivity index (χ3v) is 4.05. The van der Waals surface area contributed by atoms with Crippen LogP contribution in [0.3, 0.4) is 0 Å². The van der Waals surface area contributed by atoms with E-state index in [0.717, 1.165) is 6.26 Å². The van der Waals surface area contributed by atoms with Gasteiger partial charge in [0.2, 0.25) is 0 Å². The van der Waals surface area contributed by atoms with Crippen molar-refractivity contribution in [1.82, 2.24) is 0 Å². The summed E-state index contributed by atoms with van der Waals surface area (Å²) in [6.45, 7) is 2.52. The Bertz CT molecular complexity index is 514. The average molecular weight is 272 g/mol. The molecule has 0 heterocycles. The van der Waals surface area contributed by atoms with Gasteiger partial charge in [0.25, 0.3) is 0 Å². The molecule has 1 rings (SSSR count). The van der Waals surface area contributed by atoms with Crippen LogP contribution in [0.4, 0.5) is 11.4 Å². The maximum absolute atomic E-state index is 11.6. The number of nitrogens with zero attached hydrogens (tertiary/aromatic N) is 1. The fourth-order valence-corrected chi connectivity index (χ4v) is 2.58. The number of ether oxygens (including phenoxy) is 1. The van der Waals surface area contributed by atoms with Gasteiger partial charge in [-0.3, -0.25) is 0 Å². The maximum Gasteiger partial charge on any atom is 0.177 e. The lowest BCUT2D eigenvalue weighted by molar-refractivity contribution is 0.183. The summed E-state index contributed by atoms with van der Waals surface area (Å²) in [6, 6.07) is 5.11. The van der Waals surface area contributed by atoms with Crippen molar-refractivity contribution in [3.8, 4) is 0 Å². The zero-order valence-electron chi connectivity index (χ0n) is 11.2. The molecule has 1 aromatic carbocycles. The minimum atomic E-state index is -3.31. The van der Waals surface area contributed by atoms with Crippen LogP contribution in [-0.4, -0.2) is 41.5 Å². The molecule has 1 atom stereocenters. The Labute approximate surface area is 108 Å². The van der Waals surface area contributed by atoms with Crippen LogP contribution in [0.15, 0.2) is 23.1 Å². The van der Waals surface area contributed by atoms with E-state index >= 15 is 0 Å². The largest absolute Gasteiger partial charge is 0.396 e. The summed E-state index contributed by atoms with van der Waals surface area (Å²) < 4.78 is 28.3. The molecule has 0 bridgehead atoms. The lowest BCUT2D eigenvalue weighted by atomic mass is 10.2. The summed E-state index contributed by atoms with van der Waals surface area (Å²) >= 11 is 0. The summed E-state index contributed by atoms with van der Waals surface area (Å²) in [4.78, 5) is 2.07. The Kier molecular flexibility index (Phi) is 4.59. The second kappa shape index (κ2) is 5.58. The van der Waals surface area contributed by atoms with Gasteiger partial charge in [0, 0.05) is 26.5 Å². The normalized spacial score (nSPS) is 13.3. The molecule has 1 unspecified atom stereocenters. The van der Waals surface area contributed by atoms with E-state index in [1.54, 1.807) is 19.2 Å². The quantitative estimate of drug-likeness (QED) is 0.814. The maximum atomic E-state index is 11.6. The number of para-hydroxylation sites is 1. The number of hydrogen-bond donors (Lipinski definition) is 1. The Morgan fingerprint density at radius 3 is 2.56 bits per heavy atom. The van der Waals surface area contributed by atoms with Crippen molar-refractivity contribution in [3.63, 3.8) is 0 Å². The smallest absolute Gasteiger partial charge is 0.177 e. The van der Waals surface area contributed by atoms with E-state index in [9.17, 15) is 8.42 Å². The van der Waals surface area contributed by atoms with Crippen LogP contribution in [0.5, 0.6) is 0 Å². The van der Waals surface area contributed by atoms with Crippen molar-refractivity contribution in [1.29, 1.82) is 0 Å². The molecule has 6 heteroatoms. The van der Waals surface area contributed by atoms with Gasteiger partial charge in [-0.1, -0.05) is 6.07 Å². The number of methoxy groups -OCH3 is 1. The molecule has 5 nitrogen and oxygen atoms in total. The number of nitrogen functional groups attached to an aromatic ring is 1. The second-order valence-electron chi connectivity index (χ2n) is 4.38. The van der Waals surface area contributed by atoms with E-state index in [2.05, 4.69) is 0 Å². The third kappa shape index (κ3) is 3.14. The van der Waals surface area contributed by atoms with Gasteiger partial charge in [0.1, 0.15) is 0 Å². The van der Waals surface area contributed by atoms with Gasteiger partial charge in [-0.2, -0.15) is 0 Å². The molecule has 0 aromatic heterocycles. The molecule has 2 N–H and O–H groups in total. The van der Waals surface area contributed by atoms with E-state index < -0.39 is 9.84 Å². The van der Waals surface area contributed by atoms with Crippen LogP contribution >= 0.6 is 0 Å². The molecule has 102 valence electrons. The summed E-state index contributed by atoms with van der Waals surface area (Å²) in [5.41, 5.74) is 6.92. The summed E-state index contributed by atoms with van der Waals surface area (Å²) in [6.07, 6.45) is 1.15. The zero-order valence-corrected chi connectivity index (χ0v) is 12.0. The van der Waals surface area contributed by atoms with Crippen molar-refractivity contribution >= 4 is 21.2 Å². The summed E-state index contributed by atoms with van der Waals surface area (Å²) in [5, 5.41) is 0. The highest BCUT2D eigenvalue weighted by atomic mass is 32.2. The lowest BCUT2D eigenvalue weighted by Crippen LogP contribution is -2.33. The molecule has 0 aliphatic rings. The van der Waals surface area contributed by atoms with Crippen LogP contribution < -0.4 is 10.6 Å². The first-order valence-corrected chi connectivity index (χ1v) is 7.48. The highest BCUT2D eigenvalue weighted by Crippen LogP contribution is 2.30. The Morgan fingerprint density at radius 2 is 2.06 bits per heavy atom. The van der Waals surface area contributed by atoms with E-state index in [1.807, 2.05) is 18.9 Å². The molecule has 18 heavy (non-hydrogen) atoms. The molecule has 0 spiro atoms. The third-order valence-electron chi connectivity index (χ3n) is 2.89. The Balaban J connectivity index is 3.19. The van der Waals surface area contributed by atoms with Crippen molar-refractivity contribution in [2.45, 2.75) is 17.9 Å². The standard InChI is InChI=1S/C12H20N2O3S/c1-9(8-17-3)14(2)10-6-5-7-11(12(10)13)18(4,15)16/h5-7,9H,8,13H2,1-4H3. The number of anilines is 2. The first-order chi connectivity index (χ1) is 8.29. The molecule has 1 aromatic rings. The van der Waals surface area contributed by atoms with E-state index in [1.165, 1.54) is 6.07 Å². The SMILES string of the molecule is COCC(C)N(C)c1cccc(S(C)(=O)=O)c1N.